The molecule has 0 bridgehead atoms. The van der Waals surface area contributed by atoms with Crippen LogP contribution in [-0.4, -0.2) is 50.5 Å². The molecule has 0 aliphatic carbocycles. The van der Waals surface area contributed by atoms with Crippen molar-refractivity contribution in [3.8, 4) is 0 Å². The molecule has 1 atom stereocenters. The van der Waals surface area contributed by atoms with Gasteiger partial charge in [0.1, 0.15) is 12.6 Å². The fourth-order valence-electron chi connectivity index (χ4n) is 4.72. The molecule has 0 heterocycles. The van der Waals surface area contributed by atoms with E-state index in [-0.39, 0.29) is 18.4 Å². The van der Waals surface area contributed by atoms with Gasteiger partial charge in [0, 0.05) is 19.5 Å². The summed E-state index contributed by atoms with van der Waals surface area (Å²) in [5.41, 5.74) is 4.10. The van der Waals surface area contributed by atoms with Crippen LogP contribution in [0, 0.1) is 6.92 Å². The van der Waals surface area contributed by atoms with Crippen LogP contribution in [-0.2, 0) is 32.6 Å². The summed E-state index contributed by atoms with van der Waals surface area (Å²) in [7, 11) is -3.82. The second kappa shape index (κ2) is 14.1. The Balaban J connectivity index is 2.08. The zero-order valence-electron chi connectivity index (χ0n) is 24.1. The normalized spacial score (nSPS) is 12.2. The smallest absolute Gasteiger partial charge is 0.244 e. The summed E-state index contributed by atoms with van der Waals surface area (Å²) >= 11 is 0. The number of para-hydroxylation sites is 1. The Morgan fingerprint density at radius 3 is 2.17 bits per heavy atom. The van der Waals surface area contributed by atoms with Crippen molar-refractivity contribution in [2.24, 2.45) is 0 Å². The molecule has 0 saturated heterocycles. The maximum absolute atomic E-state index is 14.2. The Hall–Kier alpha value is -3.65. The lowest BCUT2D eigenvalue weighted by Crippen LogP contribution is -2.53. The van der Waals surface area contributed by atoms with Gasteiger partial charge in [-0.05, 0) is 42.0 Å². The van der Waals surface area contributed by atoms with Crippen molar-refractivity contribution in [1.82, 2.24) is 10.2 Å². The molecule has 0 fully saturated rings. The number of hydrogen-bond acceptors (Lipinski definition) is 4. The number of nitrogens with one attached hydrogen (secondary N) is 1. The first-order chi connectivity index (χ1) is 19.0. The third-order valence-corrected chi connectivity index (χ3v) is 7.89. The molecule has 0 saturated carbocycles. The average Bonchev–Trinajstić information content (AvgIpc) is 2.92. The Kier molecular flexibility index (Phi) is 10.9. The van der Waals surface area contributed by atoms with E-state index in [9.17, 15) is 18.0 Å². The zero-order chi connectivity index (χ0) is 29.3. The van der Waals surface area contributed by atoms with Crippen LogP contribution in [0.4, 0.5) is 5.69 Å². The van der Waals surface area contributed by atoms with Crippen LogP contribution in [0.25, 0.3) is 0 Å². The number of sulfonamides is 1. The van der Waals surface area contributed by atoms with E-state index in [4.69, 9.17) is 0 Å². The minimum absolute atomic E-state index is 0.0459. The first-order valence-corrected chi connectivity index (χ1v) is 15.6. The minimum Gasteiger partial charge on any atom is -0.354 e. The van der Waals surface area contributed by atoms with Gasteiger partial charge in [-0.15, -0.1) is 0 Å². The van der Waals surface area contributed by atoms with Crippen molar-refractivity contribution >= 4 is 27.5 Å². The van der Waals surface area contributed by atoms with Crippen LogP contribution in [0.15, 0.2) is 78.9 Å². The molecule has 2 amide bonds. The predicted molar refractivity (Wildman–Crippen MR) is 162 cm³/mol. The average molecular weight is 564 g/mol. The standard InChI is InChI=1S/C32H41N3O4S/c1-6-19-33-32(37)30(21-26-14-8-7-9-15-26)34(22-27-16-12-13-25(4)20-27)31(36)23-35(40(5,38)39)29-18-11-10-17-28(29)24(2)3/h7-18,20,24,30H,6,19,21-23H2,1-5H3,(H,33,37)/t30-/m0/s1. The van der Waals surface area contributed by atoms with Crippen molar-refractivity contribution in [2.75, 3.05) is 23.7 Å². The zero-order valence-corrected chi connectivity index (χ0v) is 24.9. The highest BCUT2D eigenvalue weighted by molar-refractivity contribution is 7.92. The molecule has 40 heavy (non-hydrogen) atoms. The topological polar surface area (TPSA) is 86.8 Å². The van der Waals surface area contributed by atoms with Gasteiger partial charge in [-0.2, -0.15) is 0 Å². The maximum Gasteiger partial charge on any atom is 0.244 e. The summed E-state index contributed by atoms with van der Waals surface area (Å²) in [6, 6.07) is 23.7. The summed E-state index contributed by atoms with van der Waals surface area (Å²) < 4.78 is 27.3. The molecular formula is C32H41N3O4S. The molecule has 1 N–H and O–H groups in total. The van der Waals surface area contributed by atoms with E-state index in [1.165, 1.54) is 4.90 Å². The van der Waals surface area contributed by atoms with Gasteiger partial charge in [0.05, 0.1) is 11.9 Å². The quantitative estimate of drug-likeness (QED) is 0.315. The SMILES string of the molecule is CCCNC(=O)[C@H](Cc1ccccc1)N(Cc1cccc(C)c1)C(=O)CN(c1ccccc1C(C)C)S(C)(=O)=O. The molecule has 0 spiro atoms. The lowest BCUT2D eigenvalue weighted by Gasteiger charge is -2.34. The highest BCUT2D eigenvalue weighted by atomic mass is 32.2. The molecule has 0 aliphatic heterocycles. The van der Waals surface area contributed by atoms with E-state index in [1.54, 1.807) is 12.1 Å². The summed E-state index contributed by atoms with van der Waals surface area (Å²) in [5, 5.41) is 2.96. The third-order valence-electron chi connectivity index (χ3n) is 6.76. The van der Waals surface area contributed by atoms with Crippen molar-refractivity contribution < 1.29 is 18.0 Å². The van der Waals surface area contributed by atoms with E-state index >= 15 is 0 Å². The van der Waals surface area contributed by atoms with Crippen molar-refractivity contribution in [1.29, 1.82) is 0 Å². The summed E-state index contributed by atoms with van der Waals surface area (Å²) in [4.78, 5) is 29.3. The van der Waals surface area contributed by atoms with Gasteiger partial charge >= 0.3 is 0 Å². The fourth-order valence-corrected chi connectivity index (χ4v) is 5.59. The predicted octanol–water partition coefficient (Wildman–Crippen LogP) is 5.05. The first-order valence-electron chi connectivity index (χ1n) is 13.7. The van der Waals surface area contributed by atoms with E-state index in [0.717, 1.165) is 39.2 Å². The Morgan fingerprint density at radius 2 is 1.55 bits per heavy atom. The highest BCUT2D eigenvalue weighted by Crippen LogP contribution is 2.29. The fraction of sp³-hybridized carbons (Fsp3) is 0.375. The third kappa shape index (κ3) is 8.42. The van der Waals surface area contributed by atoms with Crippen LogP contribution in [0.2, 0.25) is 0 Å². The molecule has 0 aliphatic rings. The van der Waals surface area contributed by atoms with Gasteiger partial charge in [0.2, 0.25) is 21.8 Å². The molecule has 3 rings (SSSR count). The van der Waals surface area contributed by atoms with Crippen molar-refractivity contribution in [2.45, 2.75) is 59.0 Å². The summed E-state index contributed by atoms with van der Waals surface area (Å²) in [6.45, 7) is 8.14. The Morgan fingerprint density at radius 1 is 0.900 bits per heavy atom. The number of amides is 2. The summed E-state index contributed by atoms with van der Waals surface area (Å²) in [6.07, 6.45) is 2.16. The van der Waals surface area contributed by atoms with E-state index in [1.807, 2.05) is 94.4 Å². The van der Waals surface area contributed by atoms with Gasteiger partial charge in [-0.25, -0.2) is 8.42 Å². The maximum atomic E-state index is 14.2. The number of anilines is 1. The van der Waals surface area contributed by atoms with Gasteiger partial charge in [-0.1, -0.05) is 99.1 Å². The molecule has 214 valence electrons. The van der Waals surface area contributed by atoms with Gasteiger partial charge < -0.3 is 10.2 Å². The van der Waals surface area contributed by atoms with E-state index in [2.05, 4.69) is 5.32 Å². The number of carbonyl (C=O) groups is 2. The first kappa shape index (κ1) is 30.9. The van der Waals surface area contributed by atoms with Crippen LogP contribution >= 0.6 is 0 Å². The number of hydrogen-bond donors (Lipinski definition) is 1. The lowest BCUT2D eigenvalue weighted by atomic mass is 10.0. The molecular weight excluding hydrogens is 522 g/mol. The largest absolute Gasteiger partial charge is 0.354 e. The van der Waals surface area contributed by atoms with Crippen LogP contribution in [0.3, 0.4) is 0 Å². The number of carbonyl (C=O) groups excluding carboxylic acids is 2. The summed E-state index contributed by atoms with van der Waals surface area (Å²) in [5.74, 6) is -0.664. The van der Waals surface area contributed by atoms with E-state index < -0.39 is 28.5 Å². The second-order valence-electron chi connectivity index (χ2n) is 10.5. The molecule has 3 aromatic carbocycles. The van der Waals surface area contributed by atoms with Gasteiger partial charge in [-0.3, -0.25) is 13.9 Å². The molecule has 3 aromatic rings. The monoisotopic (exact) mass is 563 g/mol. The Labute approximate surface area is 239 Å². The number of aryl methyl sites for hydroxylation is 1. The molecule has 7 nitrogen and oxygen atoms in total. The van der Waals surface area contributed by atoms with Crippen LogP contribution < -0.4 is 9.62 Å². The molecule has 0 aromatic heterocycles. The lowest BCUT2D eigenvalue weighted by molar-refractivity contribution is -0.140. The van der Waals surface area contributed by atoms with Crippen LogP contribution in [0.1, 0.15) is 55.4 Å². The van der Waals surface area contributed by atoms with Crippen LogP contribution in [0.5, 0.6) is 0 Å². The van der Waals surface area contributed by atoms with E-state index in [0.29, 0.717) is 18.7 Å². The van der Waals surface area contributed by atoms with Crippen molar-refractivity contribution in [3.63, 3.8) is 0 Å². The number of rotatable bonds is 13. The van der Waals surface area contributed by atoms with Gasteiger partial charge in [0.15, 0.2) is 0 Å². The molecule has 0 unspecified atom stereocenters. The minimum atomic E-state index is -3.82. The Bertz CT molecular complexity index is 1390. The molecule has 8 heteroatoms. The van der Waals surface area contributed by atoms with Gasteiger partial charge in [0.25, 0.3) is 0 Å². The highest BCUT2D eigenvalue weighted by Gasteiger charge is 2.33. The second-order valence-corrected chi connectivity index (χ2v) is 12.4. The number of benzene rings is 3. The molecule has 0 radical (unpaired) electrons. The number of nitrogens with zero attached hydrogens (tertiary/aromatic N) is 2. The van der Waals surface area contributed by atoms with Crippen molar-refractivity contribution in [3.05, 3.63) is 101 Å².